The number of fused-ring (bicyclic) bond motifs is 1. The van der Waals surface area contributed by atoms with Crippen LogP contribution in [0.25, 0.3) is 10.4 Å². The third kappa shape index (κ3) is 4.72. The molecule has 0 aromatic heterocycles. The van der Waals surface area contributed by atoms with E-state index in [0.29, 0.717) is 55.2 Å². The zero-order chi connectivity index (χ0) is 25.5. The Kier molecular flexibility index (Phi) is 7.73. The highest BCUT2D eigenvalue weighted by molar-refractivity contribution is 6.74. The molecule has 0 unspecified atom stereocenters. The zero-order valence-corrected chi connectivity index (χ0v) is 23.7. The SMILES string of the molecule is C[C@H]1CC[C@H]2[C@H](CN=[N+]=[N-])[C@@H]([C@@]3(C)CC(=CO)C(=O)C[C@@H]3CO[Si](C)(C)C(C)(C)C)CC[C@]12C. The van der Waals surface area contributed by atoms with Gasteiger partial charge in [0.2, 0.25) is 0 Å². The third-order valence-electron chi connectivity index (χ3n) is 11.0. The monoisotopic (exact) mass is 489 g/mol. The van der Waals surface area contributed by atoms with Crippen molar-refractivity contribution in [2.75, 3.05) is 13.2 Å². The van der Waals surface area contributed by atoms with Crippen molar-refractivity contribution in [3.8, 4) is 0 Å². The van der Waals surface area contributed by atoms with Crippen LogP contribution in [0.15, 0.2) is 16.9 Å². The second-order valence-electron chi connectivity index (χ2n) is 13.5. The molecule has 0 saturated heterocycles. The summed E-state index contributed by atoms with van der Waals surface area (Å²) in [5.74, 6) is 1.98. The molecule has 0 spiro atoms. The summed E-state index contributed by atoms with van der Waals surface area (Å²) >= 11 is 0. The average Bonchev–Trinajstić information content (AvgIpc) is 3.06. The van der Waals surface area contributed by atoms with Crippen molar-refractivity contribution in [2.45, 2.75) is 98.2 Å². The van der Waals surface area contributed by atoms with E-state index in [0.717, 1.165) is 12.7 Å². The maximum atomic E-state index is 12.9. The average molecular weight is 490 g/mol. The standard InChI is InChI=1S/C27H47N3O3Si/c1-18-9-10-22-21(15-29-30-28)23(11-12-26(18,22)5)27(6)14-19(16-31)24(32)13-20(27)17-33-34(7,8)25(2,3)4/h16,18,20-23,31H,9-15,17H2,1-8H3/t18-,20+,21-,22-,23-,26+,27-/m0/s1. The van der Waals surface area contributed by atoms with E-state index in [1.165, 1.54) is 19.3 Å². The molecule has 7 heteroatoms. The second-order valence-corrected chi connectivity index (χ2v) is 18.4. The highest BCUT2D eigenvalue weighted by Gasteiger charge is 2.58. The van der Waals surface area contributed by atoms with Gasteiger partial charge in [0.05, 0.1) is 6.26 Å². The summed E-state index contributed by atoms with van der Waals surface area (Å²) < 4.78 is 6.70. The van der Waals surface area contributed by atoms with Crippen molar-refractivity contribution < 1.29 is 14.3 Å². The van der Waals surface area contributed by atoms with Crippen LogP contribution in [0.2, 0.25) is 18.1 Å². The fourth-order valence-electron chi connectivity index (χ4n) is 7.32. The molecule has 3 saturated carbocycles. The number of hydrogen-bond acceptors (Lipinski definition) is 4. The second kappa shape index (κ2) is 9.63. The molecule has 3 aliphatic carbocycles. The Balaban J connectivity index is 1.98. The van der Waals surface area contributed by atoms with E-state index >= 15 is 0 Å². The number of allylic oxidation sites excluding steroid dienone is 1. The van der Waals surface area contributed by atoms with Crippen LogP contribution in [0.1, 0.15) is 80.1 Å². The first-order chi connectivity index (χ1) is 15.7. The summed E-state index contributed by atoms with van der Waals surface area (Å²) in [7, 11) is -1.97. The van der Waals surface area contributed by atoms with E-state index in [2.05, 4.69) is 64.7 Å². The van der Waals surface area contributed by atoms with Gasteiger partial charge in [0, 0.05) is 30.1 Å². The minimum atomic E-state index is -1.97. The molecular formula is C27H47N3O3Si. The van der Waals surface area contributed by atoms with E-state index in [4.69, 9.17) is 4.43 Å². The number of carbonyl (C=O) groups is 1. The molecule has 34 heavy (non-hydrogen) atoms. The first-order valence-electron chi connectivity index (χ1n) is 13.2. The van der Waals surface area contributed by atoms with Gasteiger partial charge in [-0.3, -0.25) is 4.79 Å². The normalized spacial score (nSPS) is 40.2. The number of Topliss-reactive ketones (excluding diaryl/α,β-unsaturated/α-hetero) is 1. The number of carbonyl (C=O) groups excluding carboxylic acids is 1. The Bertz CT molecular complexity index is 860. The van der Waals surface area contributed by atoms with Crippen LogP contribution < -0.4 is 0 Å². The first-order valence-corrected chi connectivity index (χ1v) is 16.1. The Morgan fingerprint density at radius 1 is 1.21 bits per heavy atom. The van der Waals surface area contributed by atoms with E-state index in [9.17, 15) is 15.4 Å². The molecule has 0 heterocycles. The van der Waals surface area contributed by atoms with E-state index < -0.39 is 8.32 Å². The van der Waals surface area contributed by atoms with E-state index in [1.54, 1.807) is 0 Å². The lowest BCUT2D eigenvalue weighted by atomic mass is 9.48. The summed E-state index contributed by atoms with van der Waals surface area (Å²) in [5.41, 5.74) is 9.83. The Morgan fingerprint density at radius 2 is 1.85 bits per heavy atom. The summed E-state index contributed by atoms with van der Waals surface area (Å²) in [6.45, 7) is 19.5. The number of aliphatic hydroxyl groups is 1. The van der Waals surface area contributed by atoms with Crippen molar-refractivity contribution in [3.63, 3.8) is 0 Å². The minimum absolute atomic E-state index is 0.0468. The van der Waals surface area contributed by atoms with Crippen molar-refractivity contribution in [1.29, 1.82) is 0 Å². The number of azide groups is 1. The summed E-state index contributed by atoms with van der Waals surface area (Å²) in [5, 5.41) is 14.1. The molecule has 3 fully saturated rings. The van der Waals surface area contributed by atoms with Crippen molar-refractivity contribution in [3.05, 3.63) is 22.3 Å². The number of nitrogens with zero attached hydrogens (tertiary/aromatic N) is 3. The van der Waals surface area contributed by atoms with Gasteiger partial charge in [-0.1, -0.05) is 46.7 Å². The number of hydrogen-bond donors (Lipinski definition) is 1. The molecule has 0 bridgehead atoms. The first kappa shape index (κ1) is 27.3. The zero-order valence-electron chi connectivity index (χ0n) is 22.7. The maximum Gasteiger partial charge on any atom is 0.191 e. The molecule has 7 atom stereocenters. The lowest BCUT2D eigenvalue weighted by Gasteiger charge is -2.57. The van der Waals surface area contributed by atoms with Gasteiger partial charge in [0.25, 0.3) is 0 Å². The topological polar surface area (TPSA) is 95.3 Å². The molecule has 1 N–H and O–H groups in total. The summed E-state index contributed by atoms with van der Waals surface area (Å²) in [6.07, 6.45) is 6.69. The number of rotatable bonds is 6. The van der Waals surface area contributed by atoms with Gasteiger partial charge in [-0.15, -0.1) is 0 Å². The molecule has 3 aliphatic rings. The minimum Gasteiger partial charge on any atom is -0.515 e. The van der Waals surface area contributed by atoms with Gasteiger partial charge in [0.15, 0.2) is 14.1 Å². The van der Waals surface area contributed by atoms with Crippen LogP contribution in [0.5, 0.6) is 0 Å². The van der Waals surface area contributed by atoms with Gasteiger partial charge in [0.1, 0.15) is 0 Å². The maximum absolute atomic E-state index is 12.9. The van der Waals surface area contributed by atoms with Crippen LogP contribution in [0.4, 0.5) is 0 Å². The Morgan fingerprint density at radius 3 is 2.44 bits per heavy atom. The van der Waals surface area contributed by atoms with Gasteiger partial charge in [-0.05, 0) is 96.2 Å². The van der Waals surface area contributed by atoms with Crippen molar-refractivity contribution >= 4 is 14.1 Å². The highest BCUT2D eigenvalue weighted by Crippen LogP contribution is 2.64. The molecule has 0 amide bonds. The molecule has 0 aromatic carbocycles. The lowest BCUT2D eigenvalue weighted by molar-refractivity contribution is -0.126. The van der Waals surface area contributed by atoms with Crippen LogP contribution in [-0.4, -0.2) is 32.4 Å². The lowest BCUT2D eigenvalue weighted by Crippen LogP contribution is -2.53. The van der Waals surface area contributed by atoms with E-state index in [-0.39, 0.29) is 27.6 Å². The van der Waals surface area contributed by atoms with Crippen molar-refractivity contribution in [1.82, 2.24) is 0 Å². The van der Waals surface area contributed by atoms with E-state index in [1.807, 2.05) is 0 Å². The van der Waals surface area contributed by atoms with Crippen LogP contribution in [-0.2, 0) is 9.22 Å². The number of ketones is 1. The van der Waals surface area contributed by atoms with Gasteiger partial charge in [-0.2, -0.15) is 0 Å². The predicted molar refractivity (Wildman–Crippen MR) is 140 cm³/mol. The molecular weight excluding hydrogens is 442 g/mol. The Labute approximate surface area is 207 Å². The third-order valence-corrected chi connectivity index (χ3v) is 15.5. The van der Waals surface area contributed by atoms with Crippen LogP contribution >= 0.6 is 0 Å². The predicted octanol–water partition coefficient (Wildman–Crippen LogP) is 7.82. The smallest absolute Gasteiger partial charge is 0.191 e. The molecule has 192 valence electrons. The van der Waals surface area contributed by atoms with Crippen LogP contribution in [0.3, 0.4) is 0 Å². The summed E-state index contributed by atoms with van der Waals surface area (Å²) in [6, 6.07) is 0. The largest absolute Gasteiger partial charge is 0.515 e. The fourth-order valence-corrected chi connectivity index (χ4v) is 8.37. The highest BCUT2D eigenvalue weighted by atomic mass is 28.4. The Hall–Kier alpha value is -1.30. The van der Waals surface area contributed by atoms with Gasteiger partial charge >= 0.3 is 0 Å². The molecule has 0 aliphatic heterocycles. The van der Waals surface area contributed by atoms with Crippen LogP contribution in [0, 0.1) is 40.4 Å². The fraction of sp³-hybridized carbons (Fsp3) is 0.889. The molecule has 0 radical (unpaired) electrons. The summed E-state index contributed by atoms with van der Waals surface area (Å²) in [4.78, 5) is 16.1. The molecule has 6 nitrogen and oxygen atoms in total. The number of aliphatic hydroxyl groups excluding tert-OH is 1. The molecule has 0 aromatic rings. The molecule has 3 rings (SSSR count). The van der Waals surface area contributed by atoms with Gasteiger partial charge < -0.3 is 9.53 Å². The quantitative estimate of drug-likeness (QED) is 0.103. The van der Waals surface area contributed by atoms with Crippen molar-refractivity contribution in [2.24, 2.45) is 45.5 Å². The van der Waals surface area contributed by atoms with Gasteiger partial charge in [-0.25, -0.2) is 0 Å².